The van der Waals surface area contributed by atoms with Gasteiger partial charge >= 0.3 is 0 Å². The van der Waals surface area contributed by atoms with E-state index >= 15 is 0 Å². The van der Waals surface area contributed by atoms with Gasteiger partial charge in [0.25, 0.3) is 0 Å². The van der Waals surface area contributed by atoms with Gasteiger partial charge in [0.15, 0.2) is 0 Å². The van der Waals surface area contributed by atoms with Crippen molar-refractivity contribution < 1.29 is 9.13 Å². The highest BCUT2D eigenvalue weighted by molar-refractivity contribution is 5.37. The van der Waals surface area contributed by atoms with Crippen LogP contribution in [0.1, 0.15) is 30.0 Å². The van der Waals surface area contributed by atoms with Crippen LogP contribution in [-0.2, 0) is 0 Å². The van der Waals surface area contributed by atoms with E-state index in [2.05, 4.69) is 5.43 Å². The number of nitrogens with two attached hydrogens (primary N) is 1. The number of rotatable bonds is 5. The molecule has 0 saturated heterocycles. The average molecular weight is 272 g/mol. The van der Waals surface area contributed by atoms with Crippen molar-refractivity contribution in [2.24, 2.45) is 5.84 Å². The maximum Gasteiger partial charge on any atom is 0.128 e. The Hall–Kier alpha value is -1.91. The zero-order valence-corrected chi connectivity index (χ0v) is 11.1. The second-order valence-electron chi connectivity index (χ2n) is 5.01. The minimum Gasteiger partial charge on any atom is -0.490 e. The fraction of sp³-hybridized carbons (Fsp3) is 0.250. The highest BCUT2D eigenvalue weighted by Crippen LogP contribution is 2.30. The lowest BCUT2D eigenvalue weighted by Gasteiger charge is -2.18. The second-order valence-corrected chi connectivity index (χ2v) is 5.01. The normalized spacial score (nSPS) is 15.9. The molecule has 1 fully saturated rings. The van der Waals surface area contributed by atoms with E-state index in [4.69, 9.17) is 10.6 Å². The predicted molar refractivity (Wildman–Crippen MR) is 75.7 cm³/mol. The molecule has 0 aliphatic heterocycles. The van der Waals surface area contributed by atoms with E-state index in [0.717, 1.165) is 24.2 Å². The molecule has 0 heterocycles. The molecular formula is C16H17FN2O. The topological polar surface area (TPSA) is 47.3 Å². The average Bonchev–Trinajstić information content (AvgIpc) is 3.26. The van der Waals surface area contributed by atoms with E-state index in [1.54, 1.807) is 18.2 Å². The van der Waals surface area contributed by atoms with E-state index in [1.807, 2.05) is 24.3 Å². The molecule has 20 heavy (non-hydrogen) atoms. The number of hydrazine groups is 1. The monoisotopic (exact) mass is 272 g/mol. The van der Waals surface area contributed by atoms with Crippen LogP contribution in [0.15, 0.2) is 48.5 Å². The summed E-state index contributed by atoms with van der Waals surface area (Å²) in [6.07, 6.45) is 2.55. The SMILES string of the molecule is NNC(c1cccc(OC2CC2)c1)c1ccccc1F. The summed E-state index contributed by atoms with van der Waals surface area (Å²) in [6, 6.07) is 13.9. The van der Waals surface area contributed by atoms with E-state index in [9.17, 15) is 4.39 Å². The first-order valence-electron chi connectivity index (χ1n) is 6.75. The Labute approximate surface area is 117 Å². The van der Waals surface area contributed by atoms with Gasteiger partial charge in [-0.2, -0.15) is 0 Å². The first-order chi connectivity index (χ1) is 9.78. The number of hydrogen-bond acceptors (Lipinski definition) is 3. The van der Waals surface area contributed by atoms with Crippen molar-refractivity contribution in [2.75, 3.05) is 0 Å². The van der Waals surface area contributed by atoms with Gasteiger partial charge in [0.05, 0.1) is 12.1 Å². The van der Waals surface area contributed by atoms with Gasteiger partial charge in [0, 0.05) is 5.56 Å². The summed E-state index contributed by atoms with van der Waals surface area (Å²) in [4.78, 5) is 0. The predicted octanol–water partition coefficient (Wildman–Crippen LogP) is 2.92. The van der Waals surface area contributed by atoms with Crippen LogP contribution in [-0.4, -0.2) is 6.10 Å². The first-order valence-corrected chi connectivity index (χ1v) is 6.75. The maximum atomic E-state index is 13.9. The minimum absolute atomic E-state index is 0.274. The standard InChI is InChI=1S/C16H17FN2O/c17-15-7-2-1-6-14(15)16(19-18)11-4-3-5-13(10-11)20-12-8-9-12/h1-7,10,12,16,19H,8-9,18H2. The summed E-state index contributed by atoms with van der Waals surface area (Å²) in [7, 11) is 0. The summed E-state index contributed by atoms with van der Waals surface area (Å²) < 4.78 is 19.7. The Balaban J connectivity index is 1.90. The van der Waals surface area contributed by atoms with Gasteiger partial charge in [-0.3, -0.25) is 5.84 Å². The van der Waals surface area contributed by atoms with Crippen LogP contribution in [0, 0.1) is 5.82 Å². The summed E-state index contributed by atoms with van der Waals surface area (Å²) in [5.41, 5.74) is 4.09. The van der Waals surface area contributed by atoms with Crippen molar-refractivity contribution in [1.82, 2.24) is 5.43 Å². The van der Waals surface area contributed by atoms with Gasteiger partial charge in [-0.1, -0.05) is 30.3 Å². The quantitative estimate of drug-likeness (QED) is 0.650. The fourth-order valence-electron chi connectivity index (χ4n) is 2.22. The molecule has 0 spiro atoms. The van der Waals surface area contributed by atoms with Crippen molar-refractivity contribution in [1.29, 1.82) is 0 Å². The zero-order chi connectivity index (χ0) is 13.9. The highest BCUT2D eigenvalue weighted by atomic mass is 19.1. The lowest BCUT2D eigenvalue weighted by molar-refractivity contribution is 0.302. The van der Waals surface area contributed by atoms with Gasteiger partial charge in [-0.05, 0) is 36.6 Å². The highest BCUT2D eigenvalue weighted by Gasteiger charge is 2.24. The molecule has 1 aliphatic carbocycles. The lowest BCUT2D eigenvalue weighted by Crippen LogP contribution is -2.29. The largest absolute Gasteiger partial charge is 0.490 e. The molecule has 4 heteroatoms. The molecule has 0 aromatic heterocycles. The molecule has 1 aliphatic rings. The molecule has 2 aromatic carbocycles. The number of hydrogen-bond donors (Lipinski definition) is 2. The van der Waals surface area contributed by atoms with E-state index in [1.165, 1.54) is 6.07 Å². The van der Waals surface area contributed by atoms with Crippen LogP contribution in [0.3, 0.4) is 0 Å². The van der Waals surface area contributed by atoms with Crippen LogP contribution in [0.25, 0.3) is 0 Å². The Morgan fingerprint density at radius 2 is 1.95 bits per heavy atom. The Kier molecular flexibility index (Phi) is 3.67. The first kappa shape index (κ1) is 13.1. The summed E-state index contributed by atoms with van der Waals surface area (Å²) in [5, 5.41) is 0. The maximum absolute atomic E-state index is 13.9. The van der Waals surface area contributed by atoms with E-state index < -0.39 is 0 Å². The summed E-state index contributed by atoms with van der Waals surface area (Å²) in [5.74, 6) is 6.14. The minimum atomic E-state index is -0.390. The molecule has 0 bridgehead atoms. The smallest absolute Gasteiger partial charge is 0.128 e. The lowest BCUT2D eigenvalue weighted by atomic mass is 9.98. The Morgan fingerprint density at radius 3 is 2.65 bits per heavy atom. The van der Waals surface area contributed by atoms with E-state index in [-0.39, 0.29) is 11.9 Å². The van der Waals surface area contributed by atoms with Crippen molar-refractivity contribution in [3.05, 3.63) is 65.5 Å². The third kappa shape index (κ3) is 2.81. The van der Waals surface area contributed by atoms with Gasteiger partial charge in [-0.25, -0.2) is 9.82 Å². The number of halogens is 1. The molecule has 0 amide bonds. The molecule has 3 nitrogen and oxygen atoms in total. The second kappa shape index (κ2) is 5.61. The van der Waals surface area contributed by atoms with Gasteiger partial charge in [-0.15, -0.1) is 0 Å². The van der Waals surface area contributed by atoms with Gasteiger partial charge < -0.3 is 4.74 Å². The van der Waals surface area contributed by atoms with Crippen LogP contribution < -0.4 is 16.0 Å². The van der Waals surface area contributed by atoms with Crippen molar-refractivity contribution in [3.8, 4) is 5.75 Å². The molecule has 104 valence electrons. The molecule has 1 saturated carbocycles. The van der Waals surface area contributed by atoms with Crippen molar-refractivity contribution >= 4 is 0 Å². The van der Waals surface area contributed by atoms with Crippen LogP contribution in [0.5, 0.6) is 5.75 Å². The van der Waals surface area contributed by atoms with Gasteiger partial charge in [0.2, 0.25) is 0 Å². The molecule has 1 unspecified atom stereocenters. The van der Waals surface area contributed by atoms with Crippen LogP contribution >= 0.6 is 0 Å². The molecule has 0 radical (unpaired) electrons. The molecule has 3 rings (SSSR count). The number of ether oxygens (including phenoxy) is 1. The fourth-order valence-corrected chi connectivity index (χ4v) is 2.22. The molecule has 2 aromatic rings. The third-order valence-corrected chi connectivity index (χ3v) is 3.40. The third-order valence-electron chi connectivity index (χ3n) is 3.40. The van der Waals surface area contributed by atoms with Crippen LogP contribution in [0.2, 0.25) is 0 Å². The molecule has 1 atom stereocenters. The van der Waals surface area contributed by atoms with E-state index in [0.29, 0.717) is 11.7 Å². The van der Waals surface area contributed by atoms with Crippen molar-refractivity contribution in [3.63, 3.8) is 0 Å². The zero-order valence-electron chi connectivity index (χ0n) is 11.1. The Morgan fingerprint density at radius 1 is 1.15 bits per heavy atom. The summed E-state index contributed by atoms with van der Waals surface area (Å²) >= 11 is 0. The van der Waals surface area contributed by atoms with Crippen molar-refractivity contribution in [2.45, 2.75) is 25.0 Å². The molecular weight excluding hydrogens is 255 g/mol. The van der Waals surface area contributed by atoms with Gasteiger partial charge in [0.1, 0.15) is 11.6 Å². The van der Waals surface area contributed by atoms with Crippen LogP contribution in [0.4, 0.5) is 4.39 Å². The Bertz CT molecular complexity index is 599. The number of nitrogens with one attached hydrogen (secondary N) is 1. The number of benzene rings is 2. The molecule has 3 N–H and O–H groups in total. The summed E-state index contributed by atoms with van der Waals surface area (Å²) in [6.45, 7) is 0.